The van der Waals surface area contributed by atoms with Crippen LogP contribution in [0.5, 0.6) is 5.75 Å². The molecule has 30 heavy (non-hydrogen) atoms. The number of hydrogen-bond donors (Lipinski definition) is 0. The second-order valence-corrected chi connectivity index (χ2v) is 6.40. The van der Waals surface area contributed by atoms with Gasteiger partial charge < -0.3 is 9.47 Å². The molecular formula is C22H20N2O6. The van der Waals surface area contributed by atoms with Crippen LogP contribution in [-0.2, 0) is 14.3 Å². The van der Waals surface area contributed by atoms with Crippen LogP contribution in [-0.4, -0.2) is 30.5 Å². The maximum absolute atomic E-state index is 13.2. The monoisotopic (exact) mass is 408 g/mol. The van der Waals surface area contributed by atoms with Crippen molar-refractivity contribution in [1.82, 2.24) is 0 Å². The average molecular weight is 408 g/mol. The van der Waals surface area contributed by atoms with Gasteiger partial charge in [-0.3, -0.25) is 19.8 Å². The zero-order valence-electron chi connectivity index (χ0n) is 16.7. The lowest BCUT2D eigenvalue weighted by Crippen LogP contribution is -2.24. The van der Waals surface area contributed by atoms with Crippen LogP contribution in [0.15, 0.2) is 65.4 Å². The lowest BCUT2D eigenvalue weighted by molar-refractivity contribution is -0.385. The molecule has 0 unspecified atom stereocenters. The highest BCUT2D eigenvalue weighted by atomic mass is 16.6. The van der Waals surface area contributed by atoms with Crippen LogP contribution in [0.4, 0.5) is 11.4 Å². The van der Waals surface area contributed by atoms with Crippen molar-refractivity contribution >= 4 is 29.3 Å². The lowest BCUT2D eigenvalue weighted by atomic mass is 10.0. The molecule has 8 nitrogen and oxygen atoms in total. The summed E-state index contributed by atoms with van der Waals surface area (Å²) >= 11 is 0. The molecule has 0 spiro atoms. The largest absolute Gasteiger partial charge is 0.490 e. The van der Waals surface area contributed by atoms with Gasteiger partial charge in [0.15, 0.2) is 5.75 Å². The Bertz CT molecular complexity index is 1070. The van der Waals surface area contributed by atoms with Gasteiger partial charge in [0, 0.05) is 17.5 Å². The summed E-state index contributed by atoms with van der Waals surface area (Å²) < 4.78 is 10.2. The Kier molecular flexibility index (Phi) is 5.96. The molecule has 0 aliphatic carbocycles. The molecule has 0 saturated carbocycles. The number of allylic oxidation sites excluding steroid dienone is 1. The van der Waals surface area contributed by atoms with Crippen molar-refractivity contribution in [2.75, 3.05) is 18.6 Å². The van der Waals surface area contributed by atoms with Crippen LogP contribution in [0.2, 0.25) is 0 Å². The first-order valence-corrected chi connectivity index (χ1v) is 9.21. The van der Waals surface area contributed by atoms with E-state index in [0.717, 1.165) is 0 Å². The molecule has 154 valence electrons. The van der Waals surface area contributed by atoms with E-state index in [1.807, 2.05) is 6.07 Å². The predicted molar refractivity (Wildman–Crippen MR) is 111 cm³/mol. The molecule has 2 aromatic rings. The Hall–Kier alpha value is -3.94. The van der Waals surface area contributed by atoms with Crippen LogP contribution in [0.3, 0.4) is 0 Å². The van der Waals surface area contributed by atoms with Crippen LogP contribution in [0.25, 0.3) is 6.08 Å². The molecular weight excluding hydrogens is 388 g/mol. The molecule has 0 saturated heterocycles. The standard InChI is InChI=1S/C22H20N2O6/c1-4-30-22(26)20-14(2)23(16-8-6-5-7-9-16)21(25)17(20)12-15-10-11-19(29-3)18(13-15)24(27)28/h5-13H,4H2,1-3H3/b17-12-. The molecule has 0 N–H and O–H groups in total. The fraction of sp³-hybridized carbons (Fsp3) is 0.182. The first kappa shape index (κ1) is 20.8. The van der Waals surface area contributed by atoms with Crippen molar-refractivity contribution in [1.29, 1.82) is 0 Å². The minimum absolute atomic E-state index is 0.100. The van der Waals surface area contributed by atoms with Crippen LogP contribution in [0, 0.1) is 10.1 Å². The van der Waals surface area contributed by atoms with E-state index < -0.39 is 16.8 Å². The summed E-state index contributed by atoms with van der Waals surface area (Å²) in [6, 6.07) is 13.2. The van der Waals surface area contributed by atoms with Gasteiger partial charge in [-0.15, -0.1) is 0 Å². The molecule has 3 rings (SSSR count). The Labute approximate surface area is 173 Å². The SMILES string of the molecule is CCOC(=O)C1=C(C)N(c2ccccc2)C(=O)/C1=C\c1ccc(OC)c([N+](=O)[O-])c1. The molecule has 1 aliphatic heterocycles. The molecule has 1 aliphatic rings. The van der Waals surface area contributed by atoms with Gasteiger partial charge in [0.05, 0.1) is 29.8 Å². The molecule has 1 heterocycles. The summed E-state index contributed by atoms with van der Waals surface area (Å²) in [6.45, 7) is 3.49. The van der Waals surface area contributed by atoms with Gasteiger partial charge in [-0.2, -0.15) is 0 Å². The maximum Gasteiger partial charge on any atom is 0.340 e. The number of para-hydroxylation sites is 1. The number of rotatable bonds is 6. The molecule has 0 fully saturated rings. The van der Waals surface area contributed by atoms with Crippen LogP contribution < -0.4 is 9.64 Å². The highest BCUT2D eigenvalue weighted by Gasteiger charge is 2.38. The van der Waals surface area contributed by atoms with E-state index in [4.69, 9.17) is 9.47 Å². The van der Waals surface area contributed by atoms with Crippen molar-refractivity contribution < 1.29 is 24.0 Å². The lowest BCUT2D eigenvalue weighted by Gasteiger charge is -2.17. The van der Waals surface area contributed by atoms with E-state index in [0.29, 0.717) is 16.9 Å². The Balaban J connectivity index is 2.14. The number of esters is 1. The van der Waals surface area contributed by atoms with Crippen molar-refractivity contribution in [3.05, 3.63) is 81.1 Å². The van der Waals surface area contributed by atoms with Gasteiger partial charge in [0.2, 0.25) is 0 Å². The molecule has 2 aromatic carbocycles. The van der Waals surface area contributed by atoms with E-state index in [2.05, 4.69) is 0 Å². The van der Waals surface area contributed by atoms with Gasteiger partial charge in [-0.25, -0.2) is 4.79 Å². The number of benzene rings is 2. The van der Waals surface area contributed by atoms with Crippen molar-refractivity contribution in [3.63, 3.8) is 0 Å². The fourth-order valence-electron chi connectivity index (χ4n) is 3.28. The summed E-state index contributed by atoms with van der Waals surface area (Å²) in [5.74, 6) is -0.945. The number of methoxy groups -OCH3 is 1. The third-order valence-electron chi connectivity index (χ3n) is 4.60. The Morgan fingerprint density at radius 2 is 1.90 bits per heavy atom. The third-order valence-corrected chi connectivity index (χ3v) is 4.60. The number of amides is 1. The summed E-state index contributed by atoms with van der Waals surface area (Å²) in [7, 11) is 1.34. The summed E-state index contributed by atoms with van der Waals surface area (Å²) in [5, 5.41) is 11.3. The molecule has 1 amide bonds. The first-order valence-electron chi connectivity index (χ1n) is 9.21. The number of nitro groups is 1. The topological polar surface area (TPSA) is 99.0 Å². The van der Waals surface area contributed by atoms with Crippen LogP contribution >= 0.6 is 0 Å². The van der Waals surface area contributed by atoms with Gasteiger partial charge in [-0.1, -0.05) is 24.3 Å². The number of hydrogen-bond acceptors (Lipinski definition) is 6. The number of carbonyl (C=O) groups is 2. The van der Waals surface area contributed by atoms with E-state index in [9.17, 15) is 19.7 Å². The van der Waals surface area contributed by atoms with E-state index in [-0.39, 0.29) is 29.2 Å². The fourth-order valence-corrected chi connectivity index (χ4v) is 3.28. The first-order chi connectivity index (χ1) is 14.4. The predicted octanol–water partition coefficient (Wildman–Crippen LogP) is 3.87. The molecule has 0 bridgehead atoms. The second-order valence-electron chi connectivity index (χ2n) is 6.40. The van der Waals surface area contributed by atoms with E-state index in [1.165, 1.54) is 30.2 Å². The second kappa shape index (κ2) is 8.60. The molecule has 0 atom stereocenters. The third kappa shape index (κ3) is 3.80. The van der Waals surface area contributed by atoms with E-state index >= 15 is 0 Å². The number of carbonyl (C=O) groups excluding carboxylic acids is 2. The maximum atomic E-state index is 13.2. The minimum Gasteiger partial charge on any atom is -0.490 e. The average Bonchev–Trinajstić information content (AvgIpc) is 2.98. The smallest absolute Gasteiger partial charge is 0.340 e. The number of nitrogens with zero attached hydrogens (tertiary/aromatic N) is 2. The highest BCUT2D eigenvalue weighted by Crippen LogP contribution is 2.36. The van der Waals surface area contributed by atoms with Crippen LogP contribution in [0.1, 0.15) is 19.4 Å². The quantitative estimate of drug-likeness (QED) is 0.311. The molecule has 0 radical (unpaired) electrons. The van der Waals surface area contributed by atoms with Crippen molar-refractivity contribution in [3.8, 4) is 5.75 Å². The number of ether oxygens (including phenoxy) is 2. The van der Waals surface area contributed by atoms with Gasteiger partial charge in [0.25, 0.3) is 5.91 Å². The minimum atomic E-state index is -0.629. The van der Waals surface area contributed by atoms with E-state index in [1.54, 1.807) is 44.2 Å². The highest BCUT2D eigenvalue weighted by molar-refractivity contribution is 6.23. The summed E-state index contributed by atoms with van der Waals surface area (Å²) in [4.78, 5) is 38.0. The van der Waals surface area contributed by atoms with Gasteiger partial charge in [0.1, 0.15) is 0 Å². The zero-order chi connectivity index (χ0) is 21.8. The van der Waals surface area contributed by atoms with Crippen molar-refractivity contribution in [2.45, 2.75) is 13.8 Å². The number of nitro benzene ring substituents is 1. The van der Waals surface area contributed by atoms with Gasteiger partial charge >= 0.3 is 11.7 Å². The molecule has 0 aromatic heterocycles. The Morgan fingerprint density at radius 3 is 2.50 bits per heavy atom. The Morgan fingerprint density at radius 1 is 1.20 bits per heavy atom. The molecule has 8 heteroatoms. The van der Waals surface area contributed by atoms with Crippen molar-refractivity contribution in [2.24, 2.45) is 0 Å². The summed E-state index contributed by atoms with van der Waals surface area (Å²) in [6.07, 6.45) is 1.45. The summed E-state index contributed by atoms with van der Waals surface area (Å²) in [5.41, 5.74) is 1.41. The van der Waals surface area contributed by atoms with Gasteiger partial charge in [-0.05, 0) is 43.7 Å². The normalized spacial score (nSPS) is 15.0. The number of anilines is 1. The zero-order valence-corrected chi connectivity index (χ0v) is 16.7.